The second-order valence-corrected chi connectivity index (χ2v) is 35.3. The van der Waals surface area contributed by atoms with Gasteiger partial charge in [0.25, 0.3) is 28.5 Å². The number of benzene rings is 7. The van der Waals surface area contributed by atoms with Crippen molar-refractivity contribution in [3.8, 4) is 62.4 Å². The molecule has 0 fully saturated rings. The number of hydrogen-bond donors (Lipinski definition) is 5. The first-order valence-electron chi connectivity index (χ1n) is 45.6. The SMILES string of the molecule is CCCCCCC(Oc1ccc(CCCCC)cc1CCCCC)C(=O)Nc1cc(=O)n2cc(-c3ccc(C)cc3C)c(C#N)c2[nH]1.CCCCCCC(Oc1ccc(CCCCC)cc1CCCCC)C(=O)Nc1cc(=O)n2cc(-c3ccccc3)c(S(=O)Oc3ccc(C)cc3)c2[nH]1.Cc1ccc(OS(=O)c2c(-c3ccccc3)cn3c(=O)cc(C)[nH]c23)cc1. The minimum atomic E-state index is -2.01. The smallest absolute Gasteiger partial charge is 0.266 e. The number of anilines is 2. The first kappa shape index (κ1) is 95.6. The fourth-order valence-corrected chi connectivity index (χ4v) is 17.8. The van der Waals surface area contributed by atoms with Crippen LogP contribution in [0, 0.1) is 45.9 Å². The molecule has 4 atom stereocenters. The van der Waals surface area contributed by atoms with E-state index in [0.717, 1.165) is 190 Å². The second kappa shape index (κ2) is 48.0. The lowest BCUT2D eigenvalue weighted by atomic mass is 9.98. The predicted octanol–water partition coefficient (Wildman–Crippen LogP) is 24.1. The molecule has 13 rings (SSSR count). The molecule has 4 unspecified atom stereocenters. The highest BCUT2D eigenvalue weighted by Gasteiger charge is 2.29. The van der Waals surface area contributed by atoms with Crippen LogP contribution in [0.3, 0.4) is 0 Å². The van der Waals surface area contributed by atoms with Gasteiger partial charge in [0.1, 0.15) is 73.0 Å². The Balaban J connectivity index is 0.000000194. The van der Waals surface area contributed by atoms with E-state index in [2.05, 4.69) is 104 Å². The molecule has 7 aromatic carbocycles. The van der Waals surface area contributed by atoms with Crippen LogP contribution in [0.1, 0.15) is 239 Å². The van der Waals surface area contributed by atoms with Crippen LogP contribution in [-0.4, -0.2) is 60.6 Å². The van der Waals surface area contributed by atoms with Gasteiger partial charge in [0.05, 0.1) is 0 Å². The number of hydrogen-bond acceptors (Lipinski definition) is 12. The molecule has 0 saturated carbocycles. The normalized spacial score (nSPS) is 12.2. The van der Waals surface area contributed by atoms with Crippen LogP contribution < -0.4 is 45.2 Å². The number of nitrogens with one attached hydrogen (secondary N) is 5. The number of ether oxygens (including phenoxy) is 2. The van der Waals surface area contributed by atoms with Crippen molar-refractivity contribution >= 4 is 62.6 Å². The summed E-state index contributed by atoms with van der Waals surface area (Å²) in [4.78, 5) is 77.6. The molecule has 2 amide bonds. The van der Waals surface area contributed by atoms with Gasteiger partial charge in [-0.15, -0.1) is 0 Å². The van der Waals surface area contributed by atoms with Gasteiger partial charge in [0.2, 0.25) is 22.2 Å². The van der Waals surface area contributed by atoms with Gasteiger partial charge in [-0.25, -0.2) is 8.42 Å². The zero-order valence-electron chi connectivity index (χ0n) is 75.7. The number of aryl methyl sites for hydroxylation is 9. The van der Waals surface area contributed by atoms with Crippen molar-refractivity contribution < 1.29 is 35.8 Å². The van der Waals surface area contributed by atoms with Gasteiger partial charge in [-0.05, 0) is 193 Å². The Bertz CT molecular complexity index is 6100. The Labute approximate surface area is 752 Å². The van der Waals surface area contributed by atoms with E-state index in [1.165, 1.54) is 68.2 Å². The van der Waals surface area contributed by atoms with Gasteiger partial charge in [-0.3, -0.25) is 37.2 Å². The van der Waals surface area contributed by atoms with E-state index in [1.807, 2.05) is 137 Å². The summed E-state index contributed by atoms with van der Waals surface area (Å²) in [6, 6.07) is 59.0. The monoisotopic (exact) mass is 1750 g/mol. The first-order valence-corrected chi connectivity index (χ1v) is 47.7. The summed E-state index contributed by atoms with van der Waals surface area (Å²) in [5.74, 6) is 2.22. The average Bonchev–Trinajstić information content (AvgIpc) is 1.62. The van der Waals surface area contributed by atoms with Crippen LogP contribution in [0.4, 0.5) is 11.6 Å². The maximum atomic E-state index is 14.1. The molecule has 0 saturated heterocycles. The van der Waals surface area contributed by atoms with Gasteiger partial charge < -0.3 is 43.4 Å². The molecule has 0 aliphatic rings. The van der Waals surface area contributed by atoms with E-state index in [4.69, 9.17) is 17.8 Å². The molecular weight excluding hydrogens is 1630 g/mol. The largest absolute Gasteiger partial charge is 0.480 e. The van der Waals surface area contributed by atoms with Crippen molar-refractivity contribution in [1.29, 1.82) is 5.26 Å². The molecule has 5 N–H and O–H groups in total. The number of aromatic nitrogens is 6. The Kier molecular flexibility index (Phi) is 36.2. The standard InChI is InChI=1S/C44H55N3O5S.C40H52N4O3.C21H18N2O3S/c1-5-8-11-17-22-39(51-38-28-25-33(18-13-9-6-2)29-35(38)21-14-10-7-3)44(49)46-40-30-41(48)47-31-37(34-19-15-12-16-20-34)42(43(47)45-40)53(50)52-36-26-23-32(4)24-27-36;1-6-9-12-15-18-36(47-35-22-20-30(16-13-10-7-2)24-31(35)17-14-11-8-3)40(46)43-37-25-38(45)44-27-34(33(26-41)39(44)42-37)32-21-19-28(4)23-29(32)5;1-14-8-10-17(11-9-14)26-27(25)20-18(16-6-4-3-5-7-16)13-23-19(24)12-15(2)22-21(20)23/h12,15-16,19-20,23-31,39,45H,5-11,13-14,17-18,21-22H2,1-4H3,(H,46,49);19-25,27,36,42H,6-18H2,1-5H3,(H,43,46);3-13,22H,1-2H3. The van der Waals surface area contributed by atoms with Crippen molar-refractivity contribution in [2.75, 3.05) is 10.6 Å². The highest BCUT2D eigenvalue weighted by atomic mass is 32.2. The molecule has 0 bridgehead atoms. The number of fused-ring (bicyclic) bond motifs is 3. The van der Waals surface area contributed by atoms with Gasteiger partial charge in [-0.2, -0.15) is 5.26 Å². The average molecular weight is 1750 g/mol. The van der Waals surface area contributed by atoms with E-state index in [0.29, 0.717) is 73.4 Å². The maximum Gasteiger partial charge on any atom is 0.266 e. The molecule has 0 aliphatic carbocycles. The highest BCUT2D eigenvalue weighted by molar-refractivity contribution is 7.81. The van der Waals surface area contributed by atoms with Crippen LogP contribution >= 0.6 is 0 Å². The third-order valence-electron chi connectivity index (χ3n) is 22.8. The highest BCUT2D eigenvalue weighted by Crippen LogP contribution is 2.37. The number of amides is 2. The summed E-state index contributed by atoms with van der Waals surface area (Å²) >= 11 is -3.81. The molecule has 22 heteroatoms. The molecule has 13 aromatic rings. The molecule has 6 heterocycles. The number of nitriles is 1. The summed E-state index contributed by atoms with van der Waals surface area (Å²) in [7, 11) is 0. The van der Waals surface area contributed by atoms with Crippen molar-refractivity contribution in [2.45, 2.75) is 265 Å². The summed E-state index contributed by atoms with van der Waals surface area (Å²) in [6.45, 7) is 22.9. The molecule has 0 radical (unpaired) electrons. The molecular formula is C105H125N9O11S2. The van der Waals surface area contributed by atoms with Crippen LogP contribution in [0.15, 0.2) is 225 Å². The number of carbonyl (C=O) groups excluding carboxylic acids is 2. The Morgan fingerprint density at radius 3 is 1.21 bits per heavy atom. The molecule has 6 aromatic heterocycles. The van der Waals surface area contributed by atoms with Crippen molar-refractivity contribution in [2.24, 2.45) is 0 Å². The molecule has 20 nitrogen and oxygen atoms in total. The molecule has 0 spiro atoms. The first-order chi connectivity index (χ1) is 61.6. The Morgan fingerprint density at radius 1 is 0.402 bits per heavy atom. The van der Waals surface area contributed by atoms with Crippen LogP contribution in [0.2, 0.25) is 0 Å². The summed E-state index contributed by atoms with van der Waals surface area (Å²) < 4.78 is 56.2. The lowest BCUT2D eigenvalue weighted by Crippen LogP contribution is -2.34. The summed E-state index contributed by atoms with van der Waals surface area (Å²) in [6.07, 6.45) is 30.4. The summed E-state index contributed by atoms with van der Waals surface area (Å²) in [5, 5.41) is 16.0. The number of unbranched alkanes of at least 4 members (excludes halogenated alkanes) is 14. The molecule has 0 aliphatic heterocycles. The molecule has 668 valence electrons. The van der Waals surface area contributed by atoms with E-state index in [-0.39, 0.29) is 45.8 Å². The third-order valence-corrected chi connectivity index (χ3v) is 25.0. The van der Waals surface area contributed by atoms with E-state index in [9.17, 15) is 37.7 Å². The number of carbonyl (C=O) groups is 2. The lowest BCUT2D eigenvalue weighted by Gasteiger charge is -2.21. The zero-order valence-corrected chi connectivity index (χ0v) is 77.3. The predicted molar refractivity (Wildman–Crippen MR) is 515 cm³/mol. The van der Waals surface area contributed by atoms with Crippen molar-refractivity contribution in [1.82, 2.24) is 28.2 Å². The number of H-pyrrole nitrogens is 3. The fourth-order valence-electron chi connectivity index (χ4n) is 15.8. The van der Waals surface area contributed by atoms with Crippen molar-refractivity contribution in [3.63, 3.8) is 0 Å². The van der Waals surface area contributed by atoms with E-state index >= 15 is 0 Å². The van der Waals surface area contributed by atoms with Crippen LogP contribution in [0.5, 0.6) is 23.0 Å². The minimum absolute atomic E-state index is 0.183. The van der Waals surface area contributed by atoms with Crippen LogP contribution in [0.25, 0.3) is 50.3 Å². The number of aromatic amines is 3. The summed E-state index contributed by atoms with van der Waals surface area (Å²) in [5.41, 5.74) is 14.9. The van der Waals surface area contributed by atoms with Gasteiger partial charge >= 0.3 is 0 Å². The fraction of sp³-hybridized carbons (Fsp3) is 0.371. The van der Waals surface area contributed by atoms with Gasteiger partial charge in [0, 0.05) is 59.2 Å². The van der Waals surface area contributed by atoms with Gasteiger partial charge in [-0.1, -0.05) is 276 Å². The van der Waals surface area contributed by atoms with E-state index in [1.54, 1.807) is 49.8 Å². The molecule has 127 heavy (non-hydrogen) atoms. The Hall–Kier alpha value is -12.1. The number of rotatable bonds is 43. The van der Waals surface area contributed by atoms with Crippen LogP contribution in [-0.2, 0) is 57.4 Å². The van der Waals surface area contributed by atoms with Crippen molar-refractivity contribution in [3.05, 3.63) is 287 Å². The maximum absolute atomic E-state index is 14.1. The lowest BCUT2D eigenvalue weighted by molar-refractivity contribution is -0.123. The van der Waals surface area contributed by atoms with E-state index < -0.39 is 34.4 Å². The second-order valence-electron chi connectivity index (χ2n) is 33.2. The Morgan fingerprint density at radius 2 is 0.787 bits per heavy atom. The minimum Gasteiger partial charge on any atom is -0.480 e. The zero-order chi connectivity index (χ0) is 90.3. The topological polar surface area (TPSA) is 265 Å². The third kappa shape index (κ3) is 26.3. The number of nitrogens with zero attached hydrogens (tertiary/aromatic N) is 4. The quantitative estimate of drug-likeness (QED) is 0.0223. The van der Waals surface area contributed by atoms with Gasteiger partial charge in [0.15, 0.2) is 12.2 Å².